The van der Waals surface area contributed by atoms with E-state index >= 15 is 0 Å². The van der Waals surface area contributed by atoms with E-state index in [1.54, 1.807) is 19.1 Å². The largest absolute Gasteiger partial charge is 0.488 e. The van der Waals surface area contributed by atoms with Gasteiger partial charge in [0.15, 0.2) is 12.4 Å². The molecule has 2 aromatic heterocycles. The predicted octanol–water partition coefficient (Wildman–Crippen LogP) is 4.68. The molecule has 0 aliphatic heterocycles. The Balaban J connectivity index is 1.61. The zero-order valence-corrected chi connectivity index (χ0v) is 16.4. The fraction of sp³-hybridized carbons (Fsp3) is 0.227. The maximum atomic E-state index is 12.8. The highest BCUT2D eigenvalue weighted by Gasteiger charge is 2.18. The molecule has 4 aromatic rings. The first-order valence-electron chi connectivity index (χ1n) is 9.18. The highest BCUT2D eigenvalue weighted by molar-refractivity contribution is 5.98. The first kappa shape index (κ1) is 18.7. The summed E-state index contributed by atoms with van der Waals surface area (Å²) in [5.74, 6) is 1.10. The molecule has 148 valence electrons. The predicted molar refractivity (Wildman–Crippen MR) is 105 cm³/mol. The first-order valence-corrected chi connectivity index (χ1v) is 9.18. The van der Waals surface area contributed by atoms with E-state index in [1.807, 2.05) is 44.2 Å². The van der Waals surface area contributed by atoms with Crippen LogP contribution >= 0.6 is 0 Å². The molecule has 0 saturated heterocycles. The second-order valence-electron chi connectivity index (χ2n) is 6.80. The van der Waals surface area contributed by atoms with Crippen molar-refractivity contribution in [2.75, 3.05) is 0 Å². The monoisotopic (exact) mass is 392 g/mol. The second-order valence-corrected chi connectivity index (χ2v) is 6.80. The van der Waals surface area contributed by atoms with Crippen LogP contribution in [-0.2, 0) is 18.0 Å². The van der Waals surface area contributed by atoms with E-state index in [1.165, 1.54) is 0 Å². The number of ether oxygens (including phenoxy) is 2. The van der Waals surface area contributed by atoms with Crippen LogP contribution in [0.25, 0.3) is 10.8 Å². The van der Waals surface area contributed by atoms with Gasteiger partial charge in [-0.05, 0) is 43.7 Å². The average molecular weight is 392 g/mol. The Morgan fingerprint density at radius 2 is 1.72 bits per heavy atom. The van der Waals surface area contributed by atoms with Crippen LogP contribution in [-0.4, -0.2) is 16.3 Å². The molecule has 0 fully saturated rings. The van der Waals surface area contributed by atoms with Crippen LogP contribution in [0.1, 0.15) is 38.8 Å². The van der Waals surface area contributed by atoms with E-state index < -0.39 is 5.97 Å². The summed E-state index contributed by atoms with van der Waals surface area (Å²) in [6.45, 7) is 5.72. The number of hydrogen-bond donors (Lipinski definition) is 0. The van der Waals surface area contributed by atoms with Crippen LogP contribution in [0.15, 0.2) is 51.5 Å². The Morgan fingerprint density at radius 1 is 0.966 bits per heavy atom. The van der Waals surface area contributed by atoms with Gasteiger partial charge in [-0.15, -0.1) is 0 Å². The lowest BCUT2D eigenvalue weighted by Crippen LogP contribution is -2.09. The van der Waals surface area contributed by atoms with E-state index in [2.05, 4.69) is 10.3 Å². The molecule has 0 radical (unpaired) electrons. The van der Waals surface area contributed by atoms with Crippen molar-refractivity contribution >= 4 is 16.7 Å². The molecule has 0 N–H and O–H groups in total. The number of aryl methyl sites for hydroxylation is 3. The van der Waals surface area contributed by atoms with E-state index in [0.717, 1.165) is 27.7 Å². The third-order valence-electron chi connectivity index (χ3n) is 4.64. The zero-order chi connectivity index (χ0) is 20.4. The van der Waals surface area contributed by atoms with Gasteiger partial charge in [0, 0.05) is 6.07 Å². The summed E-state index contributed by atoms with van der Waals surface area (Å²) >= 11 is 0. The number of benzene rings is 2. The minimum atomic E-state index is -0.501. The van der Waals surface area contributed by atoms with Gasteiger partial charge in [0.25, 0.3) is 0 Å². The van der Waals surface area contributed by atoms with Crippen molar-refractivity contribution in [3.8, 4) is 5.75 Å². The maximum Gasteiger partial charge on any atom is 0.342 e. The van der Waals surface area contributed by atoms with Crippen molar-refractivity contribution in [2.24, 2.45) is 0 Å². The fourth-order valence-electron chi connectivity index (χ4n) is 3.05. The topological polar surface area (TPSA) is 87.6 Å². The van der Waals surface area contributed by atoms with Crippen LogP contribution < -0.4 is 4.74 Å². The molecule has 0 aliphatic rings. The van der Waals surface area contributed by atoms with Crippen molar-refractivity contribution < 1.29 is 23.3 Å². The SMILES string of the molecule is Cc1cc(COC(=O)c2cc3ccccc3cc2OCc2c(C)noc2C)on1. The number of nitrogens with zero attached hydrogens (tertiary/aromatic N) is 2. The Bertz CT molecular complexity index is 1160. The quantitative estimate of drug-likeness (QED) is 0.440. The molecule has 2 heterocycles. The van der Waals surface area contributed by atoms with Gasteiger partial charge in [0.1, 0.15) is 23.7 Å². The van der Waals surface area contributed by atoms with Crippen LogP contribution in [0.2, 0.25) is 0 Å². The van der Waals surface area contributed by atoms with E-state index in [4.69, 9.17) is 18.5 Å². The first-order chi connectivity index (χ1) is 14.0. The van der Waals surface area contributed by atoms with E-state index in [9.17, 15) is 4.79 Å². The van der Waals surface area contributed by atoms with Gasteiger partial charge in [-0.3, -0.25) is 0 Å². The number of esters is 1. The van der Waals surface area contributed by atoms with Crippen molar-refractivity contribution in [1.29, 1.82) is 0 Å². The van der Waals surface area contributed by atoms with Gasteiger partial charge in [-0.25, -0.2) is 4.79 Å². The average Bonchev–Trinajstić information content (AvgIpc) is 3.28. The van der Waals surface area contributed by atoms with Gasteiger partial charge in [-0.1, -0.05) is 34.6 Å². The number of carbonyl (C=O) groups is 1. The number of carbonyl (C=O) groups excluding carboxylic acids is 1. The van der Waals surface area contributed by atoms with E-state index in [0.29, 0.717) is 22.8 Å². The minimum Gasteiger partial charge on any atom is -0.488 e. The fourth-order valence-corrected chi connectivity index (χ4v) is 3.05. The van der Waals surface area contributed by atoms with Gasteiger partial charge >= 0.3 is 5.97 Å². The van der Waals surface area contributed by atoms with Crippen molar-refractivity contribution in [2.45, 2.75) is 34.0 Å². The van der Waals surface area contributed by atoms with Gasteiger partial charge < -0.3 is 18.5 Å². The summed E-state index contributed by atoms with van der Waals surface area (Å²) in [6.07, 6.45) is 0. The lowest BCUT2D eigenvalue weighted by atomic mass is 10.1. The molecule has 0 saturated carbocycles. The molecule has 7 nitrogen and oxygen atoms in total. The summed E-state index contributed by atoms with van der Waals surface area (Å²) in [5, 5.41) is 9.61. The maximum absolute atomic E-state index is 12.8. The highest BCUT2D eigenvalue weighted by atomic mass is 16.6. The second kappa shape index (κ2) is 7.79. The summed E-state index contributed by atoms with van der Waals surface area (Å²) in [7, 11) is 0. The van der Waals surface area contributed by atoms with Crippen molar-refractivity contribution in [3.63, 3.8) is 0 Å². The molecule has 0 bridgehead atoms. The van der Waals surface area contributed by atoms with Gasteiger partial charge in [0.05, 0.1) is 17.0 Å². The van der Waals surface area contributed by atoms with Crippen molar-refractivity contribution in [3.05, 3.63) is 76.5 Å². The zero-order valence-electron chi connectivity index (χ0n) is 16.4. The number of aromatic nitrogens is 2. The van der Waals surface area contributed by atoms with Crippen LogP contribution in [0, 0.1) is 20.8 Å². The lowest BCUT2D eigenvalue weighted by molar-refractivity contribution is 0.0432. The normalized spacial score (nSPS) is 11.0. The molecular formula is C22H20N2O5. The van der Waals surface area contributed by atoms with Gasteiger partial charge in [0.2, 0.25) is 0 Å². The minimum absolute atomic E-state index is 0.00416. The third kappa shape index (κ3) is 3.99. The lowest BCUT2D eigenvalue weighted by Gasteiger charge is -2.12. The summed E-state index contributed by atoms with van der Waals surface area (Å²) in [5.41, 5.74) is 2.68. The molecule has 0 unspecified atom stereocenters. The summed E-state index contributed by atoms with van der Waals surface area (Å²) in [4.78, 5) is 12.8. The molecule has 29 heavy (non-hydrogen) atoms. The molecule has 0 aliphatic carbocycles. The summed E-state index contributed by atoms with van der Waals surface area (Å²) < 4.78 is 21.7. The third-order valence-corrected chi connectivity index (χ3v) is 4.64. The van der Waals surface area contributed by atoms with Crippen LogP contribution in [0.3, 0.4) is 0 Å². The Kier molecular flexibility index (Phi) is 5.03. The summed E-state index contributed by atoms with van der Waals surface area (Å²) in [6, 6.07) is 13.1. The molecule has 7 heteroatoms. The number of rotatable bonds is 6. The van der Waals surface area contributed by atoms with Gasteiger partial charge in [-0.2, -0.15) is 0 Å². The highest BCUT2D eigenvalue weighted by Crippen LogP contribution is 2.28. The standard InChI is InChI=1S/C22H20N2O5/c1-13-8-18(29-23-13)11-27-22(25)19-9-16-6-4-5-7-17(16)10-21(19)26-12-20-14(2)24-28-15(20)3/h4-10H,11-12H2,1-3H3. The molecule has 4 rings (SSSR count). The number of fused-ring (bicyclic) bond motifs is 1. The molecular weight excluding hydrogens is 372 g/mol. The van der Waals surface area contributed by atoms with Crippen LogP contribution in [0.4, 0.5) is 0 Å². The molecule has 0 atom stereocenters. The molecule has 2 aromatic carbocycles. The van der Waals surface area contributed by atoms with E-state index in [-0.39, 0.29) is 13.2 Å². The Morgan fingerprint density at radius 3 is 2.38 bits per heavy atom. The molecule has 0 amide bonds. The number of hydrogen-bond acceptors (Lipinski definition) is 7. The molecule has 0 spiro atoms. The Labute approximate surface area is 167 Å². The Hall–Kier alpha value is -3.61. The smallest absolute Gasteiger partial charge is 0.342 e. The van der Waals surface area contributed by atoms with Crippen LogP contribution in [0.5, 0.6) is 5.75 Å². The van der Waals surface area contributed by atoms with Crippen molar-refractivity contribution in [1.82, 2.24) is 10.3 Å².